The second kappa shape index (κ2) is 16.9. The first-order chi connectivity index (χ1) is 24.1. The quantitative estimate of drug-likeness (QED) is 0.0683. The summed E-state index contributed by atoms with van der Waals surface area (Å²) in [7, 11) is -2.63. The topological polar surface area (TPSA) is 86.8 Å². The molecule has 2 aliphatic carbocycles. The monoisotopic (exact) mass is 735 g/mol. The molecule has 1 heterocycles. The lowest BCUT2D eigenvalue weighted by molar-refractivity contribution is -0.161. The van der Waals surface area contributed by atoms with Crippen LogP contribution in [0.3, 0.4) is 0 Å². The number of esters is 1. The summed E-state index contributed by atoms with van der Waals surface area (Å²) in [4.78, 5) is 16.4. The minimum absolute atomic E-state index is 0.190. The van der Waals surface area contributed by atoms with E-state index in [9.17, 15) is 9.90 Å². The molecule has 2 saturated carbocycles. The van der Waals surface area contributed by atoms with E-state index >= 15 is 0 Å². The van der Waals surface area contributed by atoms with Gasteiger partial charge in [-0.05, 0) is 137 Å². The van der Waals surface area contributed by atoms with Gasteiger partial charge in [0.2, 0.25) is 0 Å². The van der Waals surface area contributed by atoms with Gasteiger partial charge >= 0.3 is 14.5 Å². The molecule has 1 saturated heterocycles. The molecule has 7 nitrogen and oxygen atoms in total. The normalized spacial score (nSPS) is 26.1. The van der Waals surface area contributed by atoms with Crippen molar-refractivity contribution < 1.29 is 32.7 Å². The molecule has 0 amide bonds. The lowest BCUT2D eigenvalue weighted by Gasteiger charge is -2.37. The van der Waals surface area contributed by atoms with Crippen LogP contribution in [0.5, 0.6) is 5.75 Å². The summed E-state index contributed by atoms with van der Waals surface area (Å²) in [5.41, 5.74) is 0. The first-order valence-corrected chi connectivity index (χ1v) is 25.3. The molecule has 0 spiro atoms. The van der Waals surface area contributed by atoms with Crippen LogP contribution in [0.25, 0.3) is 0 Å². The van der Waals surface area contributed by atoms with Crippen LogP contribution in [0.4, 0.5) is 0 Å². The molecule has 7 unspecified atom stereocenters. The number of carbonyl (C=O) groups excluding carboxylic acids is 1. The molecule has 0 radical (unpaired) electrons. The molecule has 3 aliphatic rings. The van der Waals surface area contributed by atoms with Crippen molar-refractivity contribution >= 4 is 33.7 Å². The number of rotatable bonds is 16. The average Bonchev–Trinajstić information content (AvgIpc) is 3.91. The van der Waals surface area contributed by atoms with Crippen molar-refractivity contribution in [3.8, 4) is 5.75 Å². The first kappa shape index (κ1) is 37.3. The van der Waals surface area contributed by atoms with Crippen LogP contribution >= 0.6 is 0 Å². The molecular weight excluding hydrogens is 681 g/mol. The summed E-state index contributed by atoms with van der Waals surface area (Å²) < 4.78 is 30.2. The number of ether oxygens (including phenoxy) is 3. The highest BCUT2D eigenvalue weighted by Crippen LogP contribution is 2.42. The standard InChI is InChI=1S/C40H55O7SSi2/c1-43-50(4,26-24-31-16-22-38-39(28-31)45-38)47-49(2,3)25-23-30-15-21-37(36(41)27-30)46-40(42)29-44-32-17-19-35(20-18-32)48(33-11-7-5-8-12-33)34-13-9-6-10-14-34/h5-14,17-20,30-31,36-39,41H,15-16,21-29H2,1-4H3/q+1. The van der Waals surface area contributed by atoms with Crippen molar-refractivity contribution in [2.75, 3.05) is 13.7 Å². The zero-order chi connectivity index (χ0) is 35.1. The van der Waals surface area contributed by atoms with Crippen LogP contribution in [0.15, 0.2) is 99.6 Å². The van der Waals surface area contributed by atoms with Gasteiger partial charge in [0.05, 0.1) is 29.2 Å². The van der Waals surface area contributed by atoms with E-state index in [0.29, 0.717) is 36.7 Å². The van der Waals surface area contributed by atoms with Gasteiger partial charge in [-0.1, -0.05) is 42.8 Å². The lowest BCUT2D eigenvalue weighted by atomic mass is 9.84. The largest absolute Gasteiger partial charge is 0.482 e. The fourth-order valence-electron chi connectivity index (χ4n) is 7.74. The van der Waals surface area contributed by atoms with Gasteiger partial charge in [0, 0.05) is 7.11 Å². The highest BCUT2D eigenvalue weighted by molar-refractivity contribution is 7.97. The Bertz CT molecular complexity index is 1470. The molecule has 6 rings (SSSR count). The number of aliphatic hydroxyl groups excluding tert-OH is 1. The Morgan fingerprint density at radius 3 is 2.00 bits per heavy atom. The molecule has 1 N–H and O–H groups in total. The van der Waals surface area contributed by atoms with Gasteiger partial charge in [-0.3, -0.25) is 0 Å². The van der Waals surface area contributed by atoms with Crippen molar-refractivity contribution in [2.24, 2.45) is 11.8 Å². The second-order valence-electron chi connectivity index (χ2n) is 15.1. The Morgan fingerprint density at radius 1 is 0.780 bits per heavy atom. The number of aliphatic hydroxyl groups is 1. The third-order valence-corrected chi connectivity index (χ3v) is 20.4. The molecule has 3 aromatic rings. The Morgan fingerprint density at radius 2 is 1.38 bits per heavy atom. The van der Waals surface area contributed by atoms with Crippen molar-refractivity contribution in [3.63, 3.8) is 0 Å². The number of benzene rings is 3. The van der Waals surface area contributed by atoms with Crippen molar-refractivity contribution in [3.05, 3.63) is 84.9 Å². The predicted octanol–water partition coefficient (Wildman–Crippen LogP) is 8.52. The number of hydrogen-bond donors (Lipinski definition) is 1. The third kappa shape index (κ3) is 10.3. The average molecular weight is 736 g/mol. The molecular formula is C40H55O7SSi2+. The van der Waals surface area contributed by atoms with Gasteiger partial charge in [0.15, 0.2) is 29.6 Å². The van der Waals surface area contributed by atoms with Gasteiger partial charge < -0.3 is 27.9 Å². The Hall–Kier alpha value is -2.45. The number of hydrogen-bond acceptors (Lipinski definition) is 7. The number of carbonyl (C=O) groups is 1. The highest BCUT2D eigenvalue weighted by atomic mass is 32.2. The third-order valence-electron chi connectivity index (χ3n) is 10.7. The highest BCUT2D eigenvalue weighted by Gasteiger charge is 2.45. The van der Waals surface area contributed by atoms with Crippen LogP contribution in [0.1, 0.15) is 51.4 Å². The van der Waals surface area contributed by atoms with E-state index in [1.54, 1.807) is 0 Å². The van der Waals surface area contributed by atoms with E-state index in [4.69, 9.17) is 22.8 Å². The molecule has 10 heteroatoms. The van der Waals surface area contributed by atoms with Crippen LogP contribution in [0.2, 0.25) is 31.7 Å². The van der Waals surface area contributed by atoms with Crippen LogP contribution < -0.4 is 4.74 Å². The molecule has 3 fully saturated rings. The predicted molar refractivity (Wildman–Crippen MR) is 202 cm³/mol. The van der Waals surface area contributed by atoms with Crippen molar-refractivity contribution in [1.82, 2.24) is 0 Å². The minimum atomic E-state index is -2.25. The SMILES string of the molecule is CO[Si](C)(CCC1CCC2OC2C1)O[Si](C)(C)CCC1CCC(OC(=O)COc2ccc([S+](c3ccccc3)c3ccccc3)cc2)C(O)C1. The molecule has 50 heavy (non-hydrogen) atoms. The molecule has 0 aromatic heterocycles. The van der Waals surface area contributed by atoms with Gasteiger partial charge in [0.1, 0.15) is 11.9 Å². The van der Waals surface area contributed by atoms with E-state index in [-0.39, 0.29) is 17.5 Å². The summed E-state index contributed by atoms with van der Waals surface area (Å²) in [5.74, 6) is 1.29. The number of fused-ring (bicyclic) bond motifs is 1. The maximum atomic E-state index is 12.8. The van der Waals surface area contributed by atoms with E-state index in [1.165, 1.54) is 40.4 Å². The van der Waals surface area contributed by atoms with Crippen molar-refractivity contribution in [2.45, 2.75) is 122 Å². The second-order valence-corrected chi connectivity index (χ2v) is 25.2. The maximum Gasteiger partial charge on any atom is 0.344 e. The lowest BCUT2D eigenvalue weighted by Crippen LogP contribution is -2.48. The zero-order valence-corrected chi connectivity index (χ0v) is 32.9. The van der Waals surface area contributed by atoms with Crippen LogP contribution in [-0.2, 0) is 33.7 Å². The minimum Gasteiger partial charge on any atom is -0.482 e. The molecule has 7 atom stereocenters. The summed E-state index contributed by atoms with van der Waals surface area (Å²) in [6, 6.07) is 31.0. The summed E-state index contributed by atoms with van der Waals surface area (Å²) >= 11 is 0. The smallest absolute Gasteiger partial charge is 0.344 e. The fourth-order valence-corrected chi connectivity index (χ4v) is 17.9. The van der Waals surface area contributed by atoms with Crippen LogP contribution in [0, 0.1) is 11.8 Å². The Kier molecular flexibility index (Phi) is 12.6. The number of epoxide rings is 1. The van der Waals surface area contributed by atoms with E-state index in [0.717, 1.165) is 30.8 Å². The van der Waals surface area contributed by atoms with Gasteiger partial charge in [-0.2, -0.15) is 0 Å². The molecule has 1 aliphatic heterocycles. The van der Waals surface area contributed by atoms with Crippen LogP contribution in [-0.4, -0.2) is 66.1 Å². The van der Waals surface area contributed by atoms with E-state index in [1.807, 2.05) is 31.4 Å². The molecule has 3 aromatic carbocycles. The summed E-state index contributed by atoms with van der Waals surface area (Å²) in [5, 5.41) is 11.0. The maximum absolute atomic E-state index is 12.8. The summed E-state index contributed by atoms with van der Waals surface area (Å²) in [6.07, 6.45) is 7.99. The summed E-state index contributed by atoms with van der Waals surface area (Å²) in [6.45, 7) is 6.66. The zero-order valence-electron chi connectivity index (χ0n) is 30.1. The van der Waals surface area contributed by atoms with Gasteiger partial charge in [-0.25, -0.2) is 4.79 Å². The van der Waals surface area contributed by atoms with E-state index < -0.39 is 35.1 Å². The van der Waals surface area contributed by atoms with Crippen molar-refractivity contribution in [1.29, 1.82) is 0 Å². The Balaban J connectivity index is 0.922. The van der Waals surface area contributed by atoms with Gasteiger partial charge in [-0.15, -0.1) is 0 Å². The molecule has 0 bridgehead atoms. The van der Waals surface area contributed by atoms with E-state index in [2.05, 4.69) is 80.3 Å². The first-order valence-electron chi connectivity index (χ1n) is 18.5. The molecule has 270 valence electrons. The Labute approximate surface area is 303 Å². The van der Waals surface area contributed by atoms with Gasteiger partial charge in [0.25, 0.3) is 0 Å². The fraction of sp³-hybridized carbons (Fsp3) is 0.525.